The van der Waals surface area contributed by atoms with Gasteiger partial charge in [0.05, 0.1) is 62.3 Å². The summed E-state index contributed by atoms with van der Waals surface area (Å²) in [5.41, 5.74) is 2.95. The molecule has 0 amide bonds. The van der Waals surface area contributed by atoms with Crippen LogP contribution in [0.15, 0.2) is 158 Å². The van der Waals surface area contributed by atoms with Crippen LogP contribution >= 0.6 is 8.53 Å². The number of nitriles is 1. The number of aromatic nitrogens is 2. The summed E-state index contributed by atoms with van der Waals surface area (Å²) < 4.78 is 72.8. The molecule has 0 bridgehead atoms. The summed E-state index contributed by atoms with van der Waals surface area (Å²) >= 11 is 0. The van der Waals surface area contributed by atoms with Gasteiger partial charge in [-0.3, -0.25) is 13.9 Å². The lowest BCUT2D eigenvalue weighted by Gasteiger charge is -2.39. The maximum Gasteiger partial charge on any atom is 0.333 e. The summed E-state index contributed by atoms with van der Waals surface area (Å²) in [6.07, 6.45) is 1.91. The smallest absolute Gasteiger partial charge is 0.333 e. The number of aryl methyl sites for hydroxylation is 1. The average molecular weight is 1130 g/mol. The van der Waals surface area contributed by atoms with Crippen LogP contribution in [-0.4, -0.2) is 94.6 Å². The number of nitrogens with zero attached hydrogens (tertiary/aromatic N) is 7. The number of unbranched alkanes of at least 4 members (excludes halogenated alkanes) is 3. The number of sulfonamides is 1. The highest BCUT2D eigenvalue weighted by atomic mass is 32.2. The summed E-state index contributed by atoms with van der Waals surface area (Å²) in [7, 11) is 1.61. The van der Waals surface area contributed by atoms with Gasteiger partial charge in [-0.2, -0.15) is 15.5 Å². The zero-order chi connectivity index (χ0) is 57.4. The molecule has 2 unspecified atom stereocenters. The largest absolute Gasteiger partial charge is 0.497 e. The predicted molar refractivity (Wildman–Crippen MR) is 312 cm³/mol. The molecule has 1 aliphatic rings. The molecule has 0 saturated carbocycles. The number of anilines is 1. The summed E-state index contributed by atoms with van der Waals surface area (Å²) in [5, 5.41) is 18.0. The second kappa shape index (κ2) is 28.7. The van der Waals surface area contributed by atoms with Crippen molar-refractivity contribution in [2.45, 2.75) is 121 Å². The van der Waals surface area contributed by atoms with Crippen LogP contribution in [0.4, 0.5) is 17.1 Å². The fourth-order valence-electron chi connectivity index (χ4n) is 9.65. The van der Waals surface area contributed by atoms with E-state index in [9.17, 15) is 23.3 Å². The molecule has 1 N–H and O–H groups in total. The third kappa shape index (κ3) is 15.2. The highest BCUT2D eigenvalue weighted by Gasteiger charge is 2.45. The highest BCUT2D eigenvalue weighted by Crippen LogP contribution is 2.51. The summed E-state index contributed by atoms with van der Waals surface area (Å²) in [4.78, 5) is 30.4. The first-order valence-corrected chi connectivity index (χ1v) is 29.6. The van der Waals surface area contributed by atoms with Crippen molar-refractivity contribution in [2.75, 3.05) is 53.0 Å². The van der Waals surface area contributed by atoms with Crippen molar-refractivity contribution in [2.24, 2.45) is 10.2 Å². The van der Waals surface area contributed by atoms with Gasteiger partial charge in [0.25, 0.3) is 14.1 Å². The number of methoxy groups -OCH3 is 2. The summed E-state index contributed by atoms with van der Waals surface area (Å²) in [6.45, 7) is 10.4. The van der Waals surface area contributed by atoms with E-state index in [2.05, 4.69) is 53.4 Å². The van der Waals surface area contributed by atoms with Gasteiger partial charge in [0.15, 0.2) is 0 Å². The second-order valence-corrected chi connectivity index (χ2v) is 23.4. The van der Waals surface area contributed by atoms with E-state index < -0.39 is 53.8 Å². The van der Waals surface area contributed by atoms with Crippen LogP contribution in [0.2, 0.25) is 0 Å². The Hall–Kier alpha value is -6.59. The molecule has 18 nitrogen and oxygen atoms in total. The molecule has 5 aromatic carbocycles. The Morgan fingerprint density at radius 1 is 0.787 bits per heavy atom. The van der Waals surface area contributed by atoms with Gasteiger partial charge in [-0.15, -0.1) is 0 Å². The average Bonchev–Trinajstić information content (AvgIpc) is 3.86. The van der Waals surface area contributed by atoms with E-state index >= 15 is 0 Å². The van der Waals surface area contributed by atoms with Crippen LogP contribution in [0.1, 0.15) is 94.7 Å². The van der Waals surface area contributed by atoms with E-state index in [1.807, 2.05) is 122 Å². The minimum atomic E-state index is -3.78. The van der Waals surface area contributed by atoms with E-state index in [0.717, 1.165) is 22.4 Å². The summed E-state index contributed by atoms with van der Waals surface area (Å²) in [5.74, 6) is 1.35. The Bertz CT molecular complexity index is 3170. The molecule has 7 rings (SSSR count). The number of benzene rings is 5. The van der Waals surface area contributed by atoms with Gasteiger partial charge in [-0.05, 0) is 137 Å². The molecule has 4 atom stereocenters. The van der Waals surface area contributed by atoms with Crippen LogP contribution < -0.4 is 30.3 Å². The van der Waals surface area contributed by atoms with Gasteiger partial charge < -0.3 is 32.9 Å². The third-order valence-electron chi connectivity index (χ3n) is 13.8. The molecule has 0 radical (unpaired) electrons. The first kappa shape index (κ1) is 61.0. The first-order chi connectivity index (χ1) is 38.5. The molecular formula is C60H75N8O10PS. The lowest BCUT2D eigenvalue weighted by Crippen LogP contribution is -2.42. The molecule has 80 heavy (non-hydrogen) atoms. The van der Waals surface area contributed by atoms with Crippen LogP contribution in [0.25, 0.3) is 0 Å². The van der Waals surface area contributed by atoms with E-state index in [1.54, 1.807) is 39.5 Å². The number of ether oxygens (including phenoxy) is 4. The minimum absolute atomic E-state index is 0.0101. The van der Waals surface area contributed by atoms with Crippen molar-refractivity contribution in [1.29, 1.82) is 5.26 Å². The number of hydrogen-bond donors (Lipinski definition) is 1. The van der Waals surface area contributed by atoms with Crippen LogP contribution in [0.3, 0.4) is 0 Å². The molecule has 426 valence electrons. The Kier molecular flexibility index (Phi) is 21.9. The lowest BCUT2D eigenvalue weighted by molar-refractivity contribution is -0.0927. The molecule has 1 aliphatic heterocycles. The topological polar surface area (TPSA) is 201 Å². The third-order valence-corrected chi connectivity index (χ3v) is 17.4. The second-order valence-electron chi connectivity index (χ2n) is 20.2. The monoisotopic (exact) mass is 1130 g/mol. The maximum absolute atomic E-state index is 14.6. The van der Waals surface area contributed by atoms with Crippen LogP contribution in [-0.2, 0) is 40.7 Å². The zero-order valence-electron chi connectivity index (χ0n) is 47.2. The number of nitrogens with one attached hydrogen (secondary N) is 1. The molecule has 0 aliphatic carbocycles. The molecule has 20 heteroatoms. The Morgan fingerprint density at radius 2 is 1.35 bits per heavy atom. The molecule has 2 heterocycles. The van der Waals surface area contributed by atoms with Gasteiger partial charge in [-0.1, -0.05) is 67.4 Å². The Labute approximate surface area is 471 Å². The predicted octanol–water partition coefficient (Wildman–Crippen LogP) is 11.3. The molecule has 1 aromatic heterocycles. The van der Waals surface area contributed by atoms with Crippen molar-refractivity contribution in [3.8, 4) is 17.6 Å². The molecule has 1 saturated heterocycles. The lowest BCUT2D eigenvalue weighted by atomic mass is 9.80. The van der Waals surface area contributed by atoms with Crippen molar-refractivity contribution >= 4 is 35.6 Å². The van der Waals surface area contributed by atoms with E-state index in [4.69, 9.17) is 28.0 Å². The quantitative estimate of drug-likeness (QED) is 0.0201. The van der Waals surface area contributed by atoms with Gasteiger partial charge >= 0.3 is 5.69 Å². The fourth-order valence-corrected chi connectivity index (χ4v) is 12.5. The molecule has 1 fully saturated rings. The fraction of sp³-hybridized carbons (Fsp3) is 0.417. The first-order valence-electron chi connectivity index (χ1n) is 27.0. The molecular weight excluding hydrogens is 1060 g/mol. The number of hydrogen-bond acceptors (Lipinski definition) is 15. The van der Waals surface area contributed by atoms with Crippen molar-refractivity contribution < 1.29 is 36.4 Å². The van der Waals surface area contributed by atoms with Crippen molar-refractivity contribution in [3.63, 3.8) is 0 Å². The highest BCUT2D eigenvalue weighted by molar-refractivity contribution is 7.89. The molecule has 0 spiro atoms. The van der Waals surface area contributed by atoms with E-state index in [0.29, 0.717) is 54.1 Å². The number of azo groups is 1. The molecule has 6 aromatic rings. The zero-order valence-corrected chi connectivity index (χ0v) is 48.9. The van der Waals surface area contributed by atoms with Gasteiger partial charge in [-0.25, -0.2) is 22.6 Å². The Morgan fingerprint density at radius 3 is 1.90 bits per heavy atom. The summed E-state index contributed by atoms with van der Waals surface area (Å²) in [6, 6.07) is 41.4. The maximum atomic E-state index is 14.6. The van der Waals surface area contributed by atoms with Gasteiger partial charge in [0.1, 0.15) is 29.4 Å². The Balaban J connectivity index is 1.08. The standard InChI is InChI=1S/C60H75N8O10PS/c1-43(2)68(44(3)4)79(76-39-17-36-61)78-55-40-57(77-56(55)42-75-60(46-18-13-12-14-19-46,47-20-30-52(73-8)31-21-47)48-22-32-53(74-9)33-23-48)67-41-45(5)58(69)66(59(67)70)38-16-11-10-15-37-62-80(71,72)54-34-26-50(27-35-54)64-63-49-24-28-51(29-25-49)65(6)7/h12-14,18-35,41,43-44,55-57,62H,10-11,15-17,37-40,42H2,1-9H3/t55?,56-,57-,79?/m1/s1. The van der Waals surface area contributed by atoms with Gasteiger partial charge in [0, 0.05) is 63.1 Å². The minimum Gasteiger partial charge on any atom is -0.497 e. The normalized spacial score (nSPS) is 16.2. The SMILES string of the molecule is COc1ccc(C(OC[C@H]2O[C@@H](n3cc(C)c(=O)n(CCCCCCNS(=O)(=O)c4ccc(N=Nc5ccc(N(C)C)cc5)cc4)c3=O)CC2OP(OCCC#N)N(C(C)C)C(C)C)(c2ccccc2)c2ccc(OC)cc2)cc1. The van der Waals surface area contributed by atoms with E-state index in [1.165, 1.54) is 21.3 Å². The number of rotatable bonds is 29. The van der Waals surface area contributed by atoms with Crippen LogP contribution in [0.5, 0.6) is 11.5 Å². The van der Waals surface area contributed by atoms with Crippen molar-refractivity contribution in [3.05, 3.63) is 177 Å². The van der Waals surface area contributed by atoms with Gasteiger partial charge in [0.2, 0.25) is 10.0 Å². The van der Waals surface area contributed by atoms with Crippen molar-refractivity contribution in [1.82, 2.24) is 18.5 Å². The van der Waals surface area contributed by atoms with Crippen LogP contribution in [0, 0.1) is 18.3 Å². The van der Waals surface area contributed by atoms with E-state index in [-0.39, 0.29) is 56.1 Å².